The number of ketones is 1. The van der Waals surface area contributed by atoms with Crippen LogP contribution in [0, 0.1) is 18.3 Å². The number of ether oxygens (including phenoxy) is 2. The molecule has 31 heavy (non-hydrogen) atoms. The number of carbonyl (C=O) groups excluding carboxylic acids is 1. The van der Waals surface area contributed by atoms with Gasteiger partial charge in [0.05, 0.1) is 18.3 Å². The molecule has 0 radical (unpaired) electrons. The minimum atomic E-state index is -0.616. The average Bonchev–Trinajstić information content (AvgIpc) is 2.73. The average molecular weight is 427 g/mol. The Morgan fingerprint density at radius 3 is 2.65 bits per heavy atom. The number of benzene rings is 1. The fourth-order valence-corrected chi connectivity index (χ4v) is 3.18. The maximum atomic E-state index is 13.3. The van der Waals surface area contributed by atoms with Gasteiger partial charge in [0.1, 0.15) is 17.4 Å². The fraction of sp³-hybridized carbons (Fsp3) is 0.458. The first-order valence-corrected chi connectivity index (χ1v) is 10.6. The Kier molecular flexibility index (Phi) is 8.83. The molecule has 1 aromatic heterocycles. The van der Waals surface area contributed by atoms with Crippen molar-refractivity contribution >= 4 is 5.78 Å². The molecule has 166 valence electrons. The zero-order valence-corrected chi connectivity index (χ0v) is 18.6. The van der Waals surface area contributed by atoms with E-state index in [4.69, 9.17) is 9.47 Å². The third-order valence-corrected chi connectivity index (χ3v) is 4.87. The third-order valence-electron chi connectivity index (χ3n) is 4.87. The van der Waals surface area contributed by atoms with Gasteiger partial charge >= 0.3 is 0 Å². The molecule has 1 N–H and O–H groups in total. The van der Waals surface area contributed by atoms with Crippen molar-refractivity contribution in [2.75, 3.05) is 13.2 Å². The van der Waals surface area contributed by atoms with Crippen LogP contribution in [0.1, 0.15) is 67.1 Å². The molecular formula is C24H30N2O5. The van der Waals surface area contributed by atoms with Crippen molar-refractivity contribution in [3.8, 4) is 17.7 Å². The topological polar surface area (TPSA) is 102 Å². The molecule has 2 aromatic rings. The monoisotopic (exact) mass is 426 g/mol. The number of aromatic hydroxyl groups is 1. The van der Waals surface area contributed by atoms with Gasteiger partial charge in [-0.3, -0.25) is 14.2 Å². The number of nitriles is 1. The summed E-state index contributed by atoms with van der Waals surface area (Å²) in [5.74, 6) is -0.357. The second-order valence-electron chi connectivity index (χ2n) is 7.60. The first-order chi connectivity index (χ1) is 14.8. The van der Waals surface area contributed by atoms with Crippen LogP contribution in [-0.2, 0) is 11.3 Å². The van der Waals surface area contributed by atoms with Gasteiger partial charge in [-0.05, 0) is 51.3 Å². The standard InChI is InChI=1S/C24H30N2O5/c1-5-6-12-31-19-10-7-9-18(14-19)22(27)21-17(4)20(15-25)23(28)26(24(21)29)11-8-13-30-16(2)3/h7,9-10,14,16,29H,5-6,8,11-13H2,1-4H3. The maximum Gasteiger partial charge on any atom is 0.271 e. The van der Waals surface area contributed by atoms with Gasteiger partial charge in [0.25, 0.3) is 5.56 Å². The summed E-state index contributed by atoms with van der Waals surface area (Å²) in [5, 5.41) is 20.3. The smallest absolute Gasteiger partial charge is 0.271 e. The Morgan fingerprint density at radius 1 is 1.26 bits per heavy atom. The molecule has 0 unspecified atom stereocenters. The van der Waals surface area contributed by atoms with Crippen molar-refractivity contribution in [1.82, 2.24) is 4.57 Å². The number of rotatable bonds is 11. The molecule has 0 amide bonds. The second-order valence-corrected chi connectivity index (χ2v) is 7.60. The molecule has 0 aliphatic carbocycles. The fourth-order valence-electron chi connectivity index (χ4n) is 3.18. The zero-order chi connectivity index (χ0) is 23.0. The predicted molar refractivity (Wildman–Crippen MR) is 118 cm³/mol. The van der Waals surface area contributed by atoms with Gasteiger partial charge in [0.15, 0.2) is 5.78 Å². The van der Waals surface area contributed by atoms with E-state index in [1.807, 2.05) is 19.9 Å². The van der Waals surface area contributed by atoms with Gasteiger partial charge in [-0.25, -0.2) is 0 Å². The van der Waals surface area contributed by atoms with Crippen LogP contribution >= 0.6 is 0 Å². The van der Waals surface area contributed by atoms with Crippen LogP contribution in [0.5, 0.6) is 11.6 Å². The highest BCUT2D eigenvalue weighted by atomic mass is 16.5. The first kappa shape index (κ1) is 24.2. The highest BCUT2D eigenvalue weighted by molar-refractivity contribution is 6.11. The minimum absolute atomic E-state index is 0.0435. The third kappa shape index (κ3) is 5.96. The van der Waals surface area contributed by atoms with Crippen molar-refractivity contribution in [3.05, 3.63) is 56.9 Å². The maximum absolute atomic E-state index is 13.3. The van der Waals surface area contributed by atoms with Crippen molar-refractivity contribution < 1.29 is 19.4 Å². The van der Waals surface area contributed by atoms with Crippen LogP contribution in [0.25, 0.3) is 0 Å². The molecule has 0 aliphatic heterocycles. The molecule has 7 heteroatoms. The lowest BCUT2D eigenvalue weighted by molar-refractivity contribution is 0.0743. The second kappa shape index (κ2) is 11.3. The molecule has 0 atom stereocenters. The molecule has 7 nitrogen and oxygen atoms in total. The van der Waals surface area contributed by atoms with Gasteiger partial charge in [-0.15, -0.1) is 0 Å². The van der Waals surface area contributed by atoms with Gasteiger partial charge in [-0.1, -0.05) is 25.5 Å². The van der Waals surface area contributed by atoms with Crippen LogP contribution in [0.2, 0.25) is 0 Å². The van der Waals surface area contributed by atoms with Crippen LogP contribution in [0.15, 0.2) is 29.1 Å². The number of aromatic nitrogens is 1. The predicted octanol–water partition coefficient (Wildman–Crippen LogP) is 3.96. The molecule has 0 saturated carbocycles. The van der Waals surface area contributed by atoms with Gasteiger partial charge in [0.2, 0.25) is 5.88 Å². The summed E-state index contributed by atoms with van der Waals surface area (Å²) in [6.45, 7) is 8.43. The Bertz CT molecular complexity index is 1020. The van der Waals surface area contributed by atoms with E-state index in [1.54, 1.807) is 24.3 Å². The number of carbonyl (C=O) groups is 1. The van der Waals surface area contributed by atoms with Gasteiger partial charge in [-0.2, -0.15) is 5.26 Å². The van der Waals surface area contributed by atoms with Crippen molar-refractivity contribution in [1.29, 1.82) is 5.26 Å². The Hall–Kier alpha value is -3.11. The van der Waals surface area contributed by atoms with Crippen molar-refractivity contribution in [2.24, 2.45) is 0 Å². The minimum Gasteiger partial charge on any atom is -0.494 e. The largest absolute Gasteiger partial charge is 0.494 e. The van der Waals surface area contributed by atoms with E-state index >= 15 is 0 Å². The molecular weight excluding hydrogens is 396 g/mol. The molecule has 1 aromatic carbocycles. The summed E-state index contributed by atoms with van der Waals surface area (Å²) < 4.78 is 12.2. The van der Waals surface area contributed by atoms with Crippen LogP contribution in [0.4, 0.5) is 0 Å². The molecule has 0 aliphatic rings. The van der Waals surface area contributed by atoms with Gasteiger partial charge < -0.3 is 14.6 Å². The van der Waals surface area contributed by atoms with Crippen LogP contribution < -0.4 is 10.3 Å². The Morgan fingerprint density at radius 2 is 2.00 bits per heavy atom. The SMILES string of the molecule is CCCCOc1cccc(C(=O)c2c(C)c(C#N)c(=O)n(CCCOC(C)C)c2O)c1. The van der Waals surface area contributed by atoms with E-state index in [1.165, 1.54) is 6.92 Å². The Labute approximate surface area is 182 Å². The molecule has 0 spiro atoms. The quantitative estimate of drug-likeness (QED) is 0.431. The summed E-state index contributed by atoms with van der Waals surface area (Å²) >= 11 is 0. The summed E-state index contributed by atoms with van der Waals surface area (Å²) in [6, 6.07) is 8.56. The molecule has 0 saturated heterocycles. The number of nitrogens with zero attached hydrogens (tertiary/aromatic N) is 2. The number of pyridine rings is 1. The van der Waals surface area contributed by atoms with Gasteiger partial charge in [0, 0.05) is 18.7 Å². The normalized spacial score (nSPS) is 10.8. The highest BCUT2D eigenvalue weighted by Crippen LogP contribution is 2.26. The first-order valence-electron chi connectivity index (χ1n) is 10.6. The highest BCUT2D eigenvalue weighted by Gasteiger charge is 2.25. The van der Waals surface area contributed by atoms with E-state index < -0.39 is 17.2 Å². The Balaban J connectivity index is 2.42. The van der Waals surface area contributed by atoms with Crippen LogP contribution in [0.3, 0.4) is 0 Å². The summed E-state index contributed by atoms with van der Waals surface area (Å²) in [5.41, 5.74) is -0.338. The summed E-state index contributed by atoms with van der Waals surface area (Å²) in [6.07, 6.45) is 2.39. The van der Waals surface area contributed by atoms with E-state index in [0.29, 0.717) is 30.9 Å². The van der Waals surface area contributed by atoms with E-state index in [0.717, 1.165) is 17.4 Å². The lowest BCUT2D eigenvalue weighted by atomic mass is 9.97. The van der Waals surface area contributed by atoms with Crippen molar-refractivity contribution in [2.45, 2.75) is 59.6 Å². The summed E-state index contributed by atoms with van der Waals surface area (Å²) in [4.78, 5) is 25.9. The lowest BCUT2D eigenvalue weighted by Crippen LogP contribution is -2.27. The molecule has 1 heterocycles. The number of hydrogen-bond acceptors (Lipinski definition) is 6. The molecule has 2 rings (SSSR count). The molecule has 0 fully saturated rings. The van der Waals surface area contributed by atoms with Crippen LogP contribution in [-0.4, -0.2) is 34.8 Å². The zero-order valence-electron chi connectivity index (χ0n) is 18.6. The summed E-state index contributed by atoms with van der Waals surface area (Å²) in [7, 11) is 0. The number of hydrogen-bond donors (Lipinski definition) is 1. The van der Waals surface area contributed by atoms with E-state index in [-0.39, 0.29) is 29.3 Å². The van der Waals surface area contributed by atoms with E-state index in [9.17, 15) is 20.0 Å². The molecule has 0 bridgehead atoms. The van der Waals surface area contributed by atoms with E-state index in [2.05, 4.69) is 6.92 Å². The lowest BCUT2D eigenvalue weighted by Gasteiger charge is -2.16. The number of unbranched alkanes of at least 4 members (excludes halogenated alkanes) is 1. The van der Waals surface area contributed by atoms with Crippen molar-refractivity contribution in [3.63, 3.8) is 0 Å².